The molecular weight excluding hydrogens is 484 g/mol. The van der Waals surface area contributed by atoms with Gasteiger partial charge < -0.3 is 19.3 Å². The zero-order valence-electron chi connectivity index (χ0n) is 24.0. The maximum atomic E-state index is 12.9. The van der Waals surface area contributed by atoms with E-state index in [9.17, 15) is 4.79 Å². The van der Waals surface area contributed by atoms with Gasteiger partial charge in [-0.1, -0.05) is 51.0 Å². The van der Waals surface area contributed by atoms with Crippen LogP contribution in [-0.2, 0) is 4.74 Å². The summed E-state index contributed by atoms with van der Waals surface area (Å²) in [6, 6.07) is 19.0. The third-order valence-corrected chi connectivity index (χ3v) is 8.22. The van der Waals surface area contributed by atoms with Gasteiger partial charge in [-0.05, 0) is 68.0 Å². The molecule has 2 heterocycles. The monoisotopic (exact) mass is 526 g/mol. The quantitative estimate of drug-likeness (QED) is 0.195. The largest absolute Gasteiger partial charge is 0.465 e. The zero-order chi connectivity index (χ0) is 27.4. The molecule has 3 aromatic carbocycles. The van der Waals surface area contributed by atoms with Gasteiger partial charge in [0, 0.05) is 60.7 Å². The lowest BCUT2D eigenvalue weighted by molar-refractivity contribution is 0.0599. The topological polar surface area (TPSA) is 42.0 Å². The van der Waals surface area contributed by atoms with Crippen LogP contribution in [0.4, 0.5) is 11.4 Å². The van der Waals surface area contributed by atoms with Crippen LogP contribution in [0.3, 0.4) is 0 Å². The molecule has 5 heteroatoms. The molecule has 3 aromatic rings. The number of rotatable bonds is 10. The molecule has 1 atom stereocenters. The molecule has 0 N–H and O–H groups in total. The Hall–Kier alpha value is -3.47. The van der Waals surface area contributed by atoms with Gasteiger partial charge in [0.25, 0.3) is 0 Å². The predicted octanol–water partition coefficient (Wildman–Crippen LogP) is 8.07. The minimum absolute atomic E-state index is 0.130. The highest BCUT2D eigenvalue weighted by atomic mass is 16.5. The van der Waals surface area contributed by atoms with E-state index in [0.717, 1.165) is 67.2 Å². The fourth-order valence-corrected chi connectivity index (χ4v) is 6.08. The van der Waals surface area contributed by atoms with Gasteiger partial charge in [-0.2, -0.15) is 0 Å². The molecular formula is C34H42N2O3. The summed E-state index contributed by atoms with van der Waals surface area (Å²) in [6.45, 7) is 10.9. The molecule has 1 fully saturated rings. The van der Waals surface area contributed by atoms with Gasteiger partial charge in [-0.3, -0.25) is 0 Å². The van der Waals surface area contributed by atoms with Crippen LogP contribution < -0.4 is 14.5 Å². The second-order valence-electron chi connectivity index (χ2n) is 10.9. The standard InChI is InChI=1S/C34H42N2O3/c1-5-7-17-35(18-8-6-2)25-15-16-28-32(22-25)39-31-21-24(3)30(36-19-11-12-20-36)23-29(31)33(28)26-13-9-10-14-27(26)34(37)38-4/h9-10,13-16,21-23,33H,5-8,11-12,17-20H2,1-4H3. The summed E-state index contributed by atoms with van der Waals surface area (Å²) in [7, 11) is 1.45. The summed E-state index contributed by atoms with van der Waals surface area (Å²) in [6.07, 6.45) is 7.11. The molecule has 5 nitrogen and oxygen atoms in total. The fraction of sp³-hybridized carbons (Fsp3) is 0.441. The van der Waals surface area contributed by atoms with E-state index in [1.165, 1.54) is 49.7 Å². The number of nitrogens with zero attached hydrogens (tertiary/aromatic N) is 2. The van der Waals surface area contributed by atoms with Crippen molar-refractivity contribution >= 4 is 17.3 Å². The van der Waals surface area contributed by atoms with Crippen LogP contribution in [0.1, 0.15) is 90.9 Å². The van der Waals surface area contributed by atoms with Crippen LogP contribution in [0.2, 0.25) is 0 Å². The van der Waals surface area contributed by atoms with Gasteiger partial charge in [0.05, 0.1) is 12.7 Å². The molecule has 1 saturated heterocycles. The van der Waals surface area contributed by atoms with Crippen LogP contribution >= 0.6 is 0 Å². The van der Waals surface area contributed by atoms with Crippen molar-refractivity contribution in [2.45, 2.75) is 65.2 Å². The van der Waals surface area contributed by atoms with Crippen LogP contribution in [0.25, 0.3) is 0 Å². The molecule has 206 valence electrons. The molecule has 0 radical (unpaired) electrons. The summed E-state index contributed by atoms with van der Waals surface area (Å²) >= 11 is 0. The summed E-state index contributed by atoms with van der Waals surface area (Å²) < 4.78 is 11.9. The number of methoxy groups -OCH3 is 1. The van der Waals surface area contributed by atoms with Crippen molar-refractivity contribution in [1.29, 1.82) is 0 Å². The Morgan fingerprint density at radius 3 is 2.31 bits per heavy atom. The average Bonchev–Trinajstić information content (AvgIpc) is 3.50. The van der Waals surface area contributed by atoms with E-state index < -0.39 is 0 Å². The van der Waals surface area contributed by atoms with E-state index in [1.807, 2.05) is 18.2 Å². The molecule has 1 unspecified atom stereocenters. The number of carbonyl (C=O) groups excluding carboxylic acids is 1. The number of anilines is 2. The van der Waals surface area contributed by atoms with E-state index in [1.54, 1.807) is 0 Å². The summed E-state index contributed by atoms with van der Waals surface area (Å²) in [5.74, 6) is 1.30. The van der Waals surface area contributed by atoms with Crippen LogP contribution in [-0.4, -0.2) is 39.3 Å². The Morgan fingerprint density at radius 2 is 1.62 bits per heavy atom. The number of hydrogen-bond acceptors (Lipinski definition) is 5. The van der Waals surface area contributed by atoms with Gasteiger partial charge in [-0.15, -0.1) is 0 Å². The SMILES string of the molecule is CCCCN(CCCC)c1ccc2c(c1)Oc1cc(C)c(N3CCCC3)cc1C2c1ccccc1C(=O)OC. The predicted molar refractivity (Wildman–Crippen MR) is 160 cm³/mol. The van der Waals surface area contributed by atoms with E-state index in [2.05, 4.69) is 67.0 Å². The molecule has 2 aliphatic heterocycles. The van der Waals surface area contributed by atoms with E-state index in [0.29, 0.717) is 5.56 Å². The highest BCUT2D eigenvalue weighted by molar-refractivity contribution is 5.92. The van der Waals surface area contributed by atoms with Gasteiger partial charge in [0.1, 0.15) is 11.5 Å². The Morgan fingerprint density at radius 1 is 0.923 bits per heavy atom. The van der Waals surface area contributed by atoms with Gasteiger partial charge >= 0.3 is 5.97 Å². The summed E-state index contributed by atoms with van der Waals surface area (Å²) in [5.41, 5.74) is 7.43. The maximum absolute atomic E-state index is 12.9. The van der Waals surface area contributed by atoms with Gasteiger partial charge in [0.2, 0.25) is 0 Å². The van der Waals surface area contributed by atoms with Crippen molar-refractivity contribution in [3.63, 3.8) is 0 Å². The molecule has 5 rings (SSSR count). The minimum Gasteiger partial charge on any atom is -0.465 e. The number of unbranched alkanes of at least 4 members (excludes halogenated alkanes) is 2. The number of aryl methyl sites for hydroxylation is 1. The van der Waals surface area contributed by atoms with Crippen molar-refractivity contribution < 1.29 is 14.3 Å². The molecule has 39 heavy (non-hydrogen) atoms. The van der Waals surface area contributed by atoms with Crippen LogP contribution in [0.5, 0.6) is 11.5 Å². The molecule has 0 spiro atoms. The first-order valence-corrected chi connectivity index (χ1v) is 14.7. The average molecular weight is 527 g/mol. The summed E-state index contributed by atoms with van der Waals surface area (Å²) in [4.78, 5) is 17.9. The van der Waals surface area contributed by atoms with Crippen molar-refractivity contribution in [1.82, 2.24) is 0 Å². The van der Waals surface area contributed by atoms with E-state index >= 15 is 0 Å². The third kappa shape index (κ3) is 5.50. The number of benzene rings is 3. The van der Waals surface area contributed by atoms with Crippen LogP contribution in [0.15, 0.2) is 54.6 Å². The number of carbonyl (C=O) groups is 1. The fourth-order valence-electron chi connectivity index (χ4n) is 6.08. The smallest absolute Gasteiger partial charge is 0.338 e. The second kappa shape index (κ2) is 12.1. The molecule has 0 amide bonds. The molecule has 0 bridgehead atoms. The van der Waals surface area contributed by atoms with Crippen molar-refractivity contribution in [2.24, 2.45) is 0 Å². The Kier molecular flexibility index (Phi) is 8.44. The lowest BCUT2D eigenvalue weighted by atomic mass is 9.80. The van der Waals surface area contributed by atoms with Crippen molar-refractivity contribution in [2.75, 3.05) is 43.1 Å². The minimum atomic E-state index is -0.311. The van der Waals surface area contributed by atoms with Crippen LogP contribution in [0, 0.1) is 6.92 Å². The molecule has 0 saturated carbocycles. The number of esters is 1. The third-order valence-electron chi connectivity index (χ3n) is 8.22. The van der Waals surface area contributed by atoms with Gasteiger partial charge in [-0.25, -0.2) is 4.79 Å². The van der Waals surface area contributed by atoms with E-state index in [4.69, 9.17) is 9.47 Å². The van der Waals surface area contributed by atoms with E-state index in [-0.39, 0.29) is 11.9 Å². The van der Waals surface area contributed by atoms with Gasteiger partial charge in [0.15, 0.2) is 0 Å². The number of hydrogen-bond donors (Lipinski definition) is 0. The molecule has 0 aromatic heterocycles. The Bertz CT molecular complexity index is 1300. The Labute approximate surface area is 233 Å². The highest BCUT2D eigenvalue weighted by Gasteiger charge is 2.33. The molecule has 2 aliphatic rings. The first-order chi connectivity index (χ1) is 19.0. The van der Waals surface area contributed by atoms with Crippen molar-refractivity contribution in [3.05, 3.63) is 82.4 Å². The second-order valence-corrected chi connectivity index (χ2v) is 10.9. The normalized spacial score (nSPS) is 15.9. The zero-order valence-corrected chi connectivity index (χ0v) is 24.0. The number of fused-ring (bicyclic) bond motifs is 2. The maximum Gasteiger partial charge on any atom is 0.338 e. The first kappa shape index (κ1) is 27.1. The number of ether oxygens (including phenoxy) is 2. The highest BCUT2D eigenvalue weighted by Crippen LogP contribution is 2.51. The lowest BCUT2D eigenvalue weighted by Crippen LogP contribution is -2.26. The lowest BCUT2D eigenvalue weighted by Gasteiger charge is -2.33. The molecule has 0 aliphatic carbocycles. The summed E-state index contributed by atoms with van der Waals surface area (Å²) in [5, 5.41) is 0. The Balaban J connectivity index is 1.65. The van der Waals surface area contributed by atoms with Crippen molar-refractivity contribution in [3.8, 4) is 11.5 Å². The first-order valence-electron chi connectivity index (χ1n) is 14.7.